The Morgan fingerprint density at radius 3 is 2.57 bits per heavy atom. The van der Waals surface area contributed by atoms with E-state index in [9.17, 15) is 4.79 Å². The molecule has 0 aliphatic heterocycles. The van der Waals surface area contributed by atoms with Gasteiger partial charge in [-0.05, 0) is 72.7 Å². The van der Waals surface area contributed by atoms with Gasteiger partial charge in [0.05, 0.1) is 5.56 Å². The van der Waals surface area contributed by atoms with E-state index in [-0.39, 0.29) is 5.91 Å². The molecule has 1 amide bonds. The second-order valence-corrected chi connectivity index (χ2v) is 6.90. The van der Waals surface area contributed by atoms with Gasteiger partial charge in [0.1, 0.15) is 0 Å². The van der Waals surface area contributed by atoms with E-state index in [2.05, 4.69) is 27.8 Å². The highest BCUT2D eigenvalue weighted by atomic mass is 79.9. The Balaban J connectivity index is 2.18. The zero-order chi connectivity index (χ0) is 15.4. The van der Waals surface area contributed by atoms with Crippen LogP contribution < -0.4 is 5.73 Å². The van der Waals surface area contributed by atoms with E-state index in [0.717, 1.165) is 54.2 Å². The predicted octanol–water partition coefficient (Wildman–Crippen LogP) is 3.88. The first-order valence-corrected chi connectivity index (χ1v) is 8.65. The summed E-state index contributed by atoms with van der Waals surface area (Å²) in [6, 6.07) is 6.59. The van der Waals surface area contributed by atoms with Gasteiger partial charge in [-0.1, -0.05) is 13.0 Å². The van der Waals surface area contributed by atoms with Crippen molar-refractivity contribution < 1.29 is 4.79 Å². The number of amides is 1. The maximum atomic E-state index is 12.9. The lowest BCUT2D eigenvalue weighted by Gasteiger charge is -2.36. The maximum absolute atomic E-state index is 12.9. The van der Waals surface area contributed by atoms with Gasteiger partial charge in [0.25, 0.3) is 5.91 Å². The summed E-state index contributed by atoms with van der Waals surface area (Å²) in [7, 11) is 0. The average Bonchev–Trinajstić information content (AvgIpc) is 2.45. The summed E-state index contributed by atoms with van der Waals surface area (Å²) in [5.74, 6) is 0.143. The molecule has 0 unspecified atom stereocenters. The number of halogens is 1. The summed E-state index contributed by atoms with van der Waals surface area (Å²) >= 11 is 3.53. The molecule has 3 nitrogen and oxygen atoms in total. The Morgan fingerprint density at radius 1 is 1.33 bits per heavy atom. The molecule has 1 aliphatic rings. The van der Waals surface area contributed by atoms with Crippen molar-refractivity contribution in [3.8, 4) is 0 Å². The molecule has 0 bridgehead atoms. The largest absolute Gasteiger partial charge is 0.336 e. The molecular formula is C17H25BrN2O. The fourth-order valence-corrected chi connectivity index (χ4v) is 3.72. The predicted molar refractivity (Wildman–Crippen MR) is 90.4 cm³/mol. The summed E-state index contributed by atoms with van der Waals surface area (Å²) in [6.45, 7) is 4.98. The molecule has 2 rings (SSSR count). The number of benzene rings is 1. The Labute approximate surface area is 136 Å². The van der Waals surface area contributed by atoms with E-state index in [4.69, 9.17) is 5.73 Å². The number of rotatable bonds is 4. The smallest absolute Gasteiger partial charge is 0.255 e. The van der Waals surface area contributed by atoms with Crippen LogP contribution in [0, 0.1) is 6.92 Å². The van der Waals surface area contributed by atoms with E-state index in [1.165, 1.54) is 0 Å². The quantitative estimate of drug-likeness (QED) is 0.893. The molecule has 0 radical (unpaired) electrons. The lowest BCUT2D eigenvalue weighted by atomic mass is 9.90. The molecule has 1 aromatic carbocycles. The zero-order valence-electron chi connectivity index (χ0n) is 12.9. The van der Waals surface area contributed by atoms with Gasteiger partial charge in [-0.25, -0.2) is 0 Å². The summed E-state index contributed by atoms with van der Waals surface area (Å²) in [4.78, 5) is 15.0. The van der Waals surface area contributed by atoms with E-state index in [1.54, 1.807) is 0 Å². The second kappa shape index (κ2) is 7.41. The van der Waals surface area contributed by atoms with Crippen molar-refractivity contribution in [1.29, 1.82) is 0 Å². The Morgan fingerprint density at radius 2 is 2.00 bits per heavy atom. The molecule has 116 valence electrons. The third kappa shape index (κ3) is 4.07. The average molecular weight is 353 g/mol. The van der Waals surface area contributed by atoms with Gasteiger partial charge in [0.2, 0.25) is 0 Å². The van der Waals surface area contributed by atoms with Crippen molar-refractivity contribution in [1.82, 2.24) is 4.90 Å². The highest BCUT2D eigenvalue weighted by Gasteiger charge is 2.28. The standard InChI is InChI=1S/C17H25BrN2O/c1-3-10-20(14-7-5-13(19)6-8-14)17(21)15-9-4-12(2)11-16(15)18/h4,9,11,13-14H,3,5-8,10,19H2,1-2H3. The fraction of sp³-hybridized carbons (Fsp3) is 0.588. The first-order chi connectivity index (χ1) is 10.0. The number of hydrogen-bond acceptors (Lipinski definition) is 2. The molecule has 1 aliphatic carbocycles. The van der Waals surface area contributed by atoms with Gasteiger partial charge in [-0.3, -0.25) is 4.79 Å². The van der Waals surface area contributed by atoms with Crippen molar-refractivity contribution in [3.05, 3.63) is 33.8 Å². The summed E-state index contributed by atoms with van der Waals surface area (Å²) in [5.41, 5.74) is 7.91. The van der Waals surface area contributed by atoms with Gasteiger partial charge < -0.3 is 10.6 Å². The maximum Gasteiger partial charge on any atom is 0.255 e. The van der Waals surface area contributed by atoms with Crippen molar-refractivity contribution >= 4 is 21.8 Å². The fourth-order valence-electron chi connectivity index (χ4n) is 3.05. The van der Waals surface area contributed by atoms with Crippen LogP contribution in [-0.4, -0.2) is 29.4 Å². The molecule has 1 aromatic rings. The first kappa shape index (κ1) is 16.5. The number of aryl methyl sites for hydroxylation is 1. The van der Waals surface area contributed by atoms with Crippen LogP contribution in [0.5, 0.6) is 0 Å². The van der Waals surface area contributed by atoms with Gasteiger partial charge in [-0.2, -0.15) is 0 Å². The van der Waals surface area contributed by atoms with Crippen LogP contribution in [0.15, 0.2) is 22.7 Å². The summed E-state index contributed by atoms with van der Waals surface area (Å²) in [6.07, 6.45) is 5.07. The Hall–Kier alpha value is -0.870. The van der Waals surface area contributed by atoms with E-state index in [1.807, 2.05) is 25.1 Å². The molecule has 0 spiro atoms. The molecule has 2 N–H and O–H groups in total. The molecule has 1 saturated carbocycles. The molecule has 0 saturated heterocycles. The Kier molecular flexibility index (Phi) is 5.82. The molecule has 1 fully saturated rings. The van der Waals surface area contributed by atoms with Crippen LogP contribution in [0.25, 0.3) is 0 Å². The van der Waals surface area contributed by atoms with Crippen LogP contribution in [0.1, 0.15) is 54.9 Å². The monoisotopic (exact) mass is 352 g/mol. The lowest BCUT2D eigenvalue weighted by molar-refractivity contribution is 0.0626. The third-order valence-corrected chi connectivity index (χ3v) is 4.92. The van der Waals surface area contributed by atoms with E-state index < -0.39 is 0 Å². The minimum Gasteiger partial charge on any atom is -0.336 e. The first-order valence-electron chi connectivity index (χ1n) is 7.85. The summed E-state index contributed by atoms with van der Waals surface area (Å²) in [5, 5.41) is 0. The van der Waals surface area contributed by atoms with Crippen LogP contribution in [0.4, 0.5) is 0 Å². The topological polar surface area (TPSA) is 46.3 Å². The number of carbonyl (C=O) groups excluding carboxylic acids is 1. The van der Waals surface area contributed by atoms with E-state index >= 15 is 0 Å². The van der Waals surface area contributed by atoms with Gasteiger partial charge >= 0.3 is 0 Å². The minimum atomic E-state index is 0.143. The van der Waals surface area contributed by atoms with Crippen molar-refractivity contribution in [2.24, 2.45) is 5.73 Å². The molecule has 21 heavy (non-hydrogen) atoms. The molecular weight excluding hydrogens is 328 g/mol. The van der Waals surface area contributed by atoms with Crippen LogP contribution in [0.2, 0.25) is 0 Å². The number of hydrogen-bond donors (Lipinski definition) is 1. The van der Waals surface area contributed by atoms with Crippen LogP contribution in [-0.2, 0) is 0 Å². The molecule has 4 heteroatoms. The van der Waals surface area contributed by atoms with Crippen LogP contribution in [0.3, 0.4) is 0 Å². The third-order valence-electron chi connectivity index (χ3n) is 4.26. The van der Waals surface area contributed by atoms with Gasteiger partial charge in [0, 0.05) is 23.1 Å². The zero-order valence-corrected chi connectivity index (χ0v) is 14.5. The molecule has 0 aromatic heterocycles. The van der Waals surface area contributed by atoms with Crippen LogP contribution >= 0.6 is 15.9 Å². The normalized spacial score (nSPS) is 22.1. The number of carbonyl (C=O) groups is 1. The number of nitrogens with two attached hydrogens (primary N) is 1. The highest BCUT2D eigenvalue weighted by Crippen LogP contribution is 2.26. The lowest BCUT2D eigenvalue weighted by Crippen LogP contribution is -2.44. The van der Waals surface area contributed by atoms with Crippen molar-refractivity contribution in [3.63, 3.8) is 0 Å². The summed E-state index contributed by atoms with van der Waals surface area (Å²) < 4.78 is 0.890. The van der Waals surface area contributed by atoms with Crippen molar-refractivity contribution in [2.75, 3.05) is 6.54 Å². The second-order valence-electron chi connectivity index (χ2n) is 6.05. The molecule has 0 atom stereocenters. The number of nitrogens with zero attached hydrogens (tertiary/aromatic N) is 1. The molecule has 0 heterocycles. The Bertz CT molecular complexity index is 496. The van der Waals surface area contributed by atoms with Gasteiger partial charge in [-0.15, -0.1) is 0 Å². The SMILES string of the molecule is CCCN(C(=O)c1ccc(C)cc1Br)C1CCC(N)CC1. The minimum absolute atomic E-state index is 0.143. The van der Waals surface area contributed by atoms with E-state index in [0.29, 0.717) is 12.1 Å². The van der Waals surface area contributed by atoms with Crippen molar-refractivity contribution in [2.45, 2.75) is 58.0 Å². The highest BCUT2D eigenvalue weighted by molar-refractivity contribution is 9.10. The van der Waals surface area contributed by atoms with Gasteiger partial charge in [0.15, 0.2) is 0 Å².